The van der Waals surface area contributed by atoms with Gasteiger partial charge in [0.25, 0.3) is 0 Å². The molecule has 1 aliphatic heterocycles. The summed E-state index contributed by atoms with van der Waals surface area (Å²) in [5.41, 5.74) is 0.637. The molecule has 0 radical (unpaired) electrons. The van der Waals surface area contributed by atoms with Gasteiger partial charge in [0, 0.05) is 42.8 Å². The zero-order chi connectivity index (χ0) is 13.2. The number of halogens is 2. The van der Waals surface area contributed by atoms with E-state index in [4.69, 9.17) is 16.3 Å². The molecule has 1 aliphatic rings. The highest BCUT2D eigenvalue weighted by molar-refractivity contribution is 6.31. The average Bonchev–Trinajstić information content (AvgIpc) is 2.81. The van der Waals surface area contributed by atoms with Crippen LogP contribution < -0.4 is 0 Å². The minimum absolute atomic E-state index is 0.255. The van der Waals surface area contributed by atoms with Crippen molar-refractivity contribution in [3.63, 3.8) is 0 Å². The van der Waals surface area contributed by atoms with Crippen molar-refractivity contribution in [1.29, 1.82) is 0 Å². The maximum Gasteiger partial charge on any atom is 0.148 e. The first-order chi connectivity index (χ1) is 9.24. The van der Waals surface area contributed by atoms with Gasteiger partial charge in [-0.05, 0) is 18.2 Å². The second-order valence-corrected chi connectivity index (χ2v) is 5.23. The van der Waals surface area contributed by atoms with Crippen molar-refractivity contribution in [2.45, 2.75) is 6.54 Å². The molecular formula is C14H16ClFN2O. The number of benzene rings is 1. The minimum Gasteiger partial charge on any atom is -0.379 e. The van der Waals surface area contributed by atoms with E-state index in [9.17, 15) is 4.39 Å². The third-order valence-electron chi connectivity index (χ3n) is 3.54. The molecule has 102 valence electrons. The molecule has 19 heavy (non-hydrogen) atoms. The molecule has 0 spiro atoms. The first kappa shape index (κ1) is 12.9. The van der Waals surface area contributed by atoms with E-state index < -0.39 is 0 Å². The van der Waals surface area contributed by atoms with Crippen molar-refractivity contribution in [2.24, 2.45) is 0 Å². The predicted octanol–water partition coefficient (Wildman–Crippen LogP) is 2.77. The van der Waals surface area contributed by atoms with Crippen LogP contribution in [0.5, 0.6) is 0 Å². The molecule has 2 heterocycles. The standard InChI is InChI=1S/C14H16ClFN2O/c15-12-9-11-1-2-18(14(11)13(16)10-12)4-3-17-5-7-19-8-6-17/h1-2,9-10H,3-8H2. The summed E-state index contributed by atoms with van der Waals surface area (Å²) in [4.78, 5) is 2.34. The Labute approximate surface area is 116 Å². The maximum absolute atomic E-state index is 14.0. The lowest BCUT2D eigenvalue weighted by atomic mass is 10.2. The van der Waals surface area contributed by atoms with Crippen LogP contribution in [0.1, 0.15) is 0 Å². The summed E-state index contributed by atoms with van der Waals surface area (Å²) in [6.07, 6.45) is 1.92. The molecule has 0 bridgehead atoms. The Morgan fingerprint density at radius 3 is 2.79 bits per heavy atom. The first-order valence-electron chi connectivity index (χ1n) is 6.48. The molecule has 3 nitrogen and oxygen atoms in total. The Morgan fingerprint density at radius 2 is 2.00 bits per heavy atom. The number of aromatic nitrogens is 1. The Hall–Kier alpha value is -1.10. The fourth-order valence-corrected chi connectivity index (χ4v) is 2.73. The molecule has 1 aromatic carbocycles. The van der Waals surface area contributed by atoms with E-state index in [1.165, 1.54) is 6.07 Å². The molecule has 0 atom stereocenters. The van der Waals surface area contributed by atoms with Crippen LogP contribution in [0.25, 0.3) is 10.9 Å². The Morgan fingerprint density at radius 1 is 1.21 bits per heavy atom. The molecule has 3 rings (SSSR count). The summed E-state index contributed by atoms with van der Waals surface area (Å²) in [6, 6.07) is 5.07. The lowest BCUT2D eigenvalue weighted by molar-refractivity contribution is 0.0365. The maximum atomic E-state index is 14.0. The summed E-state index contributed by atoms with van der Waals surface area (Å²) < 4.78 is 21.2. The topological polar surface area (TPSA) is 17.4 Å². The van der Waals surface area contributed by atoms with Gasteiger partial charge in [0.15, 0.2) is 0 Å². The van der Waals surface area contributed by atoms with E-state index in [1.807, 2.05) is 16.8 Å². The Balaban J connectivity index is 1.77. The molecule has 0 unspecified atom stereocenters. The normalized spacial score (nSPS) is 17.2. The van der Waals surface area contributed by atoms with Gasteiger partial charge < -0.3 is 9.30 Å². The summed E-state index contributed by atoms with van der Waals surface area (Å²) in [7, 11) is 0. The fraction of sp³-hybridized carbons (Fsp3) is 0.429. The first-order valence-corrected chi connectivity index (χ1v) is 6.86. The monoisotopic (exact) mass is 282 g/mol. The number of hydrogen-bond donors (Lipinski definition) is 0. The third-order valence-corrected chi connectivity index (χ3v) is 3.76. The van der Waals surface area contributed by atoms with Crippen LogP contribution in [0.2, 0.25) is 5.02 Å². The molecule has 5 heteroatoms. The molecule has 0 aliphatic carbocycles. The second kappa shape index (κ2) is 5.49. The average molecular weight is 283 g/mol. The number of ether oxygens (including phenoxy) is 1. The lowest BCUT2D eigenvalue weighted by Gasteiger charge is -2.26. The minimum atomic E-state index is -0.255. The van der Waals surface area contributed by atoms with Gasteiger partial charge in [0.1, 0.15) is 5.82 Å². The number of hydrogen-bond acceptors (Lipinski definition) is 2. The molecule has 1 fully saturated rings. The van der Waals surface area contributed by atoms with Gasteiger partial charge in [-0.25, -0.2) is 4.39 Å². The van der Waals surface area contributed by atoms with Gasteiger partial charge >= 0.3 is 0 Å². The quantitative estimate of drug-likeness (QED) is 0.861. The zero-order valence-corrected chi connectivity index (χ0v) is 11.4. The SMILES string of the molecule is Fc1cc(Cl)cc2ccn(CCN3CCOCC3)c12. The van der Waals surface area contributed by atoms with Crippen LogP contribution in [0, 0.1) is 5.82 Å². The number of morpholine rings is 1. The van der Waals surface area contributed by atoms with Gasteiger partial charge in [-0.3, -0.25) is 4.90 Å². The number of rotatable bonds is 3. The largest absolute Gasteiger partial charge is 0.379 e. The van der Waals surface area contributed by atoms with Crippen molar-refractivity contribution < 1.29 is 9.13 Å². The molecular weight excluding hydrogens is 267 g/mol. The highest BCUT2D eigenvalue weighted by Gasteiger charge is 2.12. The molecule has 1 aromatic heterocycles. The fourth-order valence-electron chi connectivity index (χ4n) is 2.52. The lowest BCUT2D eigenvalue weighted by Crippen LogP contribution is -2.38. The highest BCUT2D eigenvalue weighted by Crippen LogP contribution is 2.24. The Kier molecular flexibility index (Phi) is 3.73. The van der Waals surface area contributed by atoms with Crippen LogP contribution in [0.4, 0.5) is 4.39 Å². The van der Waals surface area contributed by atoms with E-state index >= 15 is 0 Å². The molecule has 0 saturated carbocycles. The van der Waals surface area contributed by atoms with Crippen LogP contribution in [0.3, 0.4) is 0 Å². The van der Waals surface area contributed by atoms with Crippen LogP contribution >= 0.6 is 11.6 Å². The van der Waals surface area contributed by atoms with Crippen LogP contribution in [0.15, 0.2) is 24.4 Å². The van der Waals surface area contributed by atoms with E-state index in [0.29, 0.717) is 10.5 Å². The van der Waals surface area contributed by atoms with E-state index in [-0.39, 0.29) is 5.82 Å². The predicted molar refractivity (Wildman–Crippen MR) is 74.2 cm³/mol. The Bertz CT molecular complexity index is 578. The van der Waals surface area contributed by atoms with Gasteiger partial charge in [-0.15, -0.1) is 0 Å². The van der Waals surface area contributed by atoms with E-state index in [0.717, 1.165) is 44.8 Å². The number of fused-ring (bicyclic) bond motifs is 1. The summed E-state index contributed by atoms with van der Waals surface area (Å²) in [5.74, 6) is -0.255. The highest BCUT2D eigenvalue weighted by atomic mass is 35.5. The van der Waals surface area contributed by atoms with E-state index in [2.05, 4.69) is 4.90 Å². The third kappa shape index (κ3) is 2.76. The van der Waals surface area contributed by atoms with Gasteiger partial charge in [-0.2, -0.15) is 0 Å². The summed E-state index contributed by atoms with van der Waals surface area (Å²) >= 11 is 5.86. The smallest absolute Gasteiger partial charge is 0.148 e. The van der Waals surface area contributed by atoms with Crippen molar-refractivity contribution in [1.82, 2.24) is 9.47 Å². The molecule has 1 saturated heterocycles. The van der Waals surface area contributed by atoms with Gasteiger partial charge in [0.05, 0.1) is 18.7 Å². The zero-order valence-electron chi connectivity index (χ0n) is 10.6. The molecule has 0 N–H and O–H groups in total. The van der Waals surface area contributed by atoms with Crippen molar-refractivity contribution in [2.75, 3.05) is 32.8 Å². The van der Waals surface area contributed by atoms with Gasteiger partial charge in [-0.1, -0.05) is 11.6 Å². The summed E-state index contributed by atoms with van der Waals surface area (Å²) in [5, 5.41) is 1.29. The number of nitrogens with zero attached hydrogens (tertiary/aromatic N) is 2. The summed E-state index contributed by atoms with van der Waals surface area (Å²) in [6.45, 7) is 5.17. The van der Waals surface area contributed by atoms with Gasteiger partial charge in [0.2, 0.25) is 0 Å². The van der Waals surface area contributed by atoms with Crippen molar-refractivity contribution in [3.05, 3.63) is 35.2 Å². The van der Waals surface area contributed by atoms with Crippen LogP contribution in [-0.4, -0.2) is 42.3 Å². The van der Waals surface area contributed by atoms with Crippen LogP contribution in [-0.2, 0) is 11.3 Å². The van der Waals surface area contributed by atoms with E-state index in [1.54, 1.807) is 6.07 Å². The molecule has 0 amide bonds. The second-order valence-electron chi connectivity index (χ2n) is 4.79. The molecule has 2 aromatic rings. The van der Waals surface area contributed by atoms with Crippen molar-refractivity contribution in [3.8, 4) is 0 Å². The van der Waals surface area contributed by atoms with Crippen molar-refractivity contribution >= 4 is 22.5 Å².